The van der Waals surface area contributed by atoms with Crippen molar-refractivity contribution < 1.29 is 4.79 Å². The number of rotatable bonds is 6. The fraction of sp³-hybridized carbons (Fsp3) is 0.400. The van der Waals surface area contributed by atoms with Crippen LogP contribution >= 0.6 is 0 Å². The summed E-state index contributed by atoms with van der Waals surface area (Å²) in [6.07, 6.45) is 7.66. The minimum atomic E-state index is 0.120. The van der Waals surface area contributed by atoms with Gasteiger partial charge in [-0.1, -0.05) is 18.2 Å². The van der Waals surface area contributed by atoms with E-state index in [0.29, 0.717) is 6.54 Å². The van der Waals surface area contributed by atoms with Gasteiger partial charge in [0.1, 0.15) is 0 Å². The van der Waals surface area contributed by atoms with Gasteiger partial charge in [-0.3, -0.25) is 19.8 Å². The molecule has 4 rings (SSSR count). The van der Waals surface area contributed by atoms with Crippen LogP contribution in [0.3, 0.4) is 0 Å². The quantitative estimate of drug-likeness (QED) is 0.656. The van der Waals surface area contributed by atoms with Crippen molar-refractivity contribution in [3.8, 4) is 11.3 Å². The molecule has 0 saturated carbocycles. The number of nitrogens with zero attached hydrogens (tertiary/aromatic N) is 4. The Kier molecular flexibility index (Phi) is 6.47. The van der Waals surface area contributed by atoms with Crippen LogP contribution in [0.5, 0.6) is 0 Å². The van der Waals surface area contributed by atoms with E-state index in [-0.39, 0.29) is 11.9 Å². The van der Waals surface area contributed by atoms with Gasteiger partial charge in [0.2, 0.25) is 5.91 Å². The summed E-state index contributed by atoms with van der Waals surface area (Å²) in [5.74, 6) is 0.120. The smallest absolute Gasteiger partial charge is 0.220 e. The van der Waals surface area contributed by atoms with Crippen LogP contribution < -0.4 is 0 Å². The highest BCUT2D eigenvalue weighted by Crippen LogP contribution is 2.26. The van der Waals surface area contributed by atoms with E-state index in [9.17, 15) is 4.79 Å². The minimum absolute atomic E-state index is 0.120. The van der Waals surface area contributed by atoms with E-state index in [2.05, 4.69) is 52.1 Å². The first-order valence-corrected chi connectivity index (χ1v) is 11.0. The molecule has 1 unspecified atom stereocenters. The van der Waals surface area contributed by atoms with Crippen molar-refractivity contribution >= 4 is 5.91 Å². The van der Waals surface area contributed by atoms with E-state index in [1.54, 1.807) is 13.1 Å². The van der Waals surface area contributed by atoms with Crippen LogP contribution in [0.1, 0.15) is 42.0 Å². The Labute approximate surface area is 184 Å². The Hall–Kier alpha value is -2.99. The van der Waals surface area contributed by atoms with Gasteiger partial charge in [0.25, 0.3) is 0 Å². The molecule has 1 fully saturated rings. The molecule has 1 aliphatic heterocycles. The number of aryl methyl sites for hydroxylation is 2. The topological polar surface area (TPSA) is 65.1 Å². The molecule has 1 aliphatic rings. The molecule has 3 aromatic rings. The second-order valence-electron chi connectivity index (χ2n) is 8.61. The van der Waals surface area contributed by atoms with Gasteiger partial charge in [-0.05, 0) is 62.1 Å². The van der Waals surface area contributed by atoms with Crippen molar-refractivity contribution in [3.63, 3.8) is 0 Å². The molecule has 2 aromatic heterocycles. The number of hydrogen-bond donors (Lipinski definition) is 1. The SMILES string of the molecule is CC(=O)N(Cc1cccnc1)C1CCCN(Cc2cn[nH]c2-c2ccc(C)c(C)c2)C1. The number of carbonyl (C=O) groups is 1. The van der Waals surface area contributed by atoms with Crippen molar-refractivity contribution in [2.24, 2.45) is 0 Å². The second-order valence-corrected chi connectivity index (χ2v) is 8.61. The number of likely N-dealkylation sites (tertiary alicyclic amines) is 1. The zero-order chi connectivity index (χ0) is 21.8. The number of nitrogens with one attached hydrogen (secondary N) is 1. The first kappa shape index (κ1) is 21.2. The third-order valence-electron chi connectivity index (χ3n) is 6.31. The number of pyridine rings is 1. The third-order valence-corrected chi connectivity index (χ3v) is 6.31. The van der Waals surface area contributed by atoms with Gasteiger partial charge < -0.3 is 4.90 Å². The van der Waals surface area contributed by atoms with Gasteiger partial charge in [0.05, 0.1) is 11.9 Å². The highest BCUT2D eigenvalue weighted by Gasteiger charge is 2.28. The van der Waals surface area contributed by atoms with Crippen molar-refractivity contribution in [3.05, 3.63) is 71.2 Å². The lowest BCUT2D eigenvalue weighted by molar-refractivity contribution is -0.133. The summed E-state index contributed by atoms with van der Waals surface area (Å²) < 4.78 is 0. The van der Waals surface area contributed by atoms with Crippen LogP contribution in [0.2, 0.25) is 0 Å². The monoisotopic (exact) mass is 417 g/mol. The number of hydrogen-bond acceptors (Lipinski definition) is 4. The summed E-state index contributed by atoms with van der Waals surface area (Å²) in [5, 5.41) is 7.53. The molecule has 1 saturated heterocycles. The summed E-state index contributed by atoms with van der Waals surface area (Å²) in [5.41, 5.74) is 7.10. The molecule has 0 radical (unpaired) electrons. The van der Waals surface area contributed by atoms with Crippen molar-refractivity contribution in [2.75, 3.05) is 13.1 Å². The Morgan fingerprint density at radius 2 is 2.10 bits per heavy atom. The van der Waals surface area contributed by atoms with Crippen LogP contribution in [-0.4, -0.2) is 50.0 Å². The van der Waals surface area contributed by atoms with Crippen LogP contribution in [0, 0.1) is 13.8 Å². The maximum atomic E-state index is 12.4. The molecule has 6 heteroatoms. The van der Waals surface area contributed by atoms with Gasteiger partial charge in [-0.2, -0.15) is 5.10 Å². The highest BCUT2D eigenvalue weighted by atomic mass is 16.2. The fourth-order valence-corrected chi connectivity index (χ4v) is 4.43. The van der Waals surface area contributed by atoms with Gasteiger partial charge in [-0.15, -0.1) is 0 Å². The molecule has 1 amide bonds. The number of benzene rings is 1. The van der Waals surface area contributed by atoms with Crippen molar-refractivity contribution in [1.82, 2.24) is 25.0 Å². The molecule has 31 heavy (non-hydrogen) atoms. The van der Waals surface area contributed by atoms with Gasteiger partial charge >= 0.3 is 0 Å². The van der Waals surface area contributed by atoms with E-state index in [0.717, 1.165) is 43.7 Å². The average Bonchev–Trinajstić information content (AvgIpc) is 3.23. The van der Waals surface area contributed by atoms with E-state index in [1.807, 2.05) is 29.4 Å². The van der Waals surface area contributed by atoms with E-state index >= 15 is 0 Å². The van der Waals surface area contributed by atoms with E-state index in [4.69, 9.17) is 0 Å². The molecule has 0 aliphatic carbocycles. The molecule has 6 nitrogen and oxygen atoms in total. The zero-order valence-electron chi connectivity index (χ0n) is 18.6. The number of aromatic nitrogens is 3. The lowest BCUT2D eigenvalue weighted by Gasteiger charge is -2.39. The number of carbonyl (C=O) groups excluding carboxylic acids is 1. The number of aromatic amines is 1. The highest BCUT2D eigenvalue weighted by molar-refractivity contribution is 5.73. The molecule has 0 spiro atoms. The number of H-pyrrole nitrogens is 1. The van der Waals surface area contributed by atoms with Crippen molar-refractivity contribution in [1.29, 1.82) is 0 Å². The molecular weight excluding hydrogens is 386 g/mol. The van der Waals surface area contributed by atoms with E-state index in [1.165, 1.54) is 22.3 Å². The number of amides is 1. The standard InChI is InChI=1S/C25H31N5O/c1-18-8-9-22(12-19(18)2)25-23(14-27-28-25)16-29-11-5-7-24(17-29)30(20(3)31)15-21-6-4-10-26-13-21/h4,6,8-10,12-14,24H,5,7,11,15-17H2,1-3H3,(H,27,28). The van der Waals surface area contributed by atoms with Crippen molar-refractivity contribution in [2.45, 2.75) is 52.7 Å². The fourth-order valence-electron chi connectivity index (χ4n) is 4.43. The first-order valence-electron chi connectivity index (χ1n) is 11.0. The maximum Gasteiger partial charge on any atom is 0.220 e. The Bertz CT molecular complexity index is 1030. The molecule has 1 aromatic carbocycles. The van der Waals surface area contributed by atoms with E-state index < -0.39 is 0 Å². The summed E-state index contributed by atoms with van der Waals surface area (Å²) >= 11 is 0. The molecule has 0 bridgehead atoms. The summed E-state index contributed by atoms with van der Waals surface area (Å²) in [4.78, 5) is 21.1. The Morgan fingerprint density at radius 1 is 1.23 bits per heavy atom. The molecule has 1 N–H and O–H groups in total. The number of piperidine rings is 1. The lowest BCUT2D eigenvalue weighted by atomic mass is 10.00. The van der Waals surface area contributed by atoms with Crippen LogP contribution in [0.25, 0.3) is 11.3 Å². The molecule has 3 heterocycles. The summed E-state index contributed by atoms with van der Waals surface area (Å²) in [6.45, 7) is 9.29. The van der Waals surface area contributed by atoms with Gasteiger partial charge in [0.15, 0.2) is 0 Å². The largest absolute Gasteiger partial charge is 0.334 e. The normalized spacial score (nSPS) is 16.9. The Balaban J connectivity index is 1.47. The molecular formula is C25H31N5O. The van der Waals surface area contributed by atoms with Crippen LogP contribution in [0.15, 0.2) is 48.9 Å². The zero-order valence-corrected chi connectivity index (χ0v) is 18.6. The minimum Gasteiger partial charge on any atom is -0.334 e. The average molecular weight is 418 g/mol. The molecule has 1 atom stereocenters. The maximum absolute atomic E-state index is 12.4. The third kappa shape index (κ3) is 5.02. The Morgan fingerprint density at radius 3 is 2.84 bits per heavy atom. The first-order chi connectivity index (χ1) is 15.0. The predicted octanol–water partition coefficient (Wildman–Crippen LogP) is 4.10. The summed E-state index contributed by atoms with van der Waals surface area (Å²) in [6, 6.07) is 10.7. The van der Waals surface area contributed by atoms with Crippen LogP contribution in [-0.2, 0) is 17.9 Å². The second kappa shape index (κ2) is 9.43. The van der Waals surface area contributed by atoms with Gasteiger partial charge in [0, 0.05) is 56.1 Å². The molecule has 162 valence electrons. The lowest BCUT2D eigenvalue weighted by Crippen LogP contribution is -2.49. The van der Waals surface area contributed by atoms with Gasteiger partial charge in [-0.25, -0.2) is 0 Å². The predicted molar refractivity (Wildman–Crippen MR) is 122 cm³/mol. The van der Waals surface area contributed by atoms with Crippen LogP contribution in [0.4, 0.5) is 0 Å². The summed E-state index contributed by atoms with van der Waals surface area (Å²) in [7, 11) is 0.